The summed E-state index contributed by atoms with van der Waals surface area (Å²) in [6, 6.07) is 2.39. The van der Waals surface area contributed by atoms with E-state index >= 15 is 0 Å². The van der Waals surface area contributed by atoms with Gasteiger partial charge in [-0.3, -0.25) is 4.79 Å². The average Bonchev–Trinajstić information content (AvgIpc) is 2.29. The smallest absolute Gasteiger partial charge is 0.250 e. The highest BCUT2D eigenvalue weighted by Gasteiger charge is 2.33. The number of rotatable bonds is 3. The van der Waals surface area contributed by atoms with Crippen LogP contribution in [0.4, 0.5) is 10.1 Å². The second-order valence-corrected chi connectivity index (χ2v) is 6.89. The van der Waals surface area contributed by atoms with Crippen LogP contribution in [0.2, 0.25) is 0 Å². The Hall–Kier alpha value is -1.78. The average molecular weight is 294 g/mol. The molecule has 5 heteroatoms. The number of hydrogen-bond acceptors (Lipinski definition) is 3. The highest BCUT2D eigenvalue weighted by Crippen LogP contribution is 2.40. The fourth-order valence-corrected chi connectivity index (χ4v) is 3.40. The van der Waals surface area contributed by atoms with Crippen LogP contribution in [0, 0.1) is 17.2 Å². The molecule has 21 heavy (non-hydrogen) atoms. The summed E-state index contributed by atoms with van der Waals surface area (Å²) in [6.07, 6.45) is 2.79. The van der Waals surface area contributed by atoms with Crippen LogP contribution in [-0.2, 0) is 0 Å². The topological polar surface area (TPSA) is 78.3 Å². The van der Waals surface area contributed by atoms with E-state index in [0.29, 0.717) is 5.92 Å². The zero-order chi connectivity index (χ0) is 15.8. The second kappa shape index (κ2) is 5.54. The van der Waals surface area contributed by atoms with Gasteiger partial charge >= 0.3 is 0 Å². The Bertz CT molecular complexity index is 557. The van der Waals surface area contributed by atoms with Gasteiger partial charge in [-0.15, -0.1) is 0 Å². The van der Waals surface area contributed by atoms with Gasteiger partial charge in [-0.05, 0) is 36.7 Å². The monoisotopic (exact) mass is 294 g/mol. The first kappa shape index (κ1) is 15.6. The van der Waals surface area contributed by atoms with Gasteiger partial charge in [0, 0.05) is 11.8 Å². The second-order valence-electron chi connectivity index (χ2n) is 6.89. The van der Waals surface area contributed by atoms with E-state index < -0.39 is 11.7 Å². The molecule has 0 bridgehead atoms. The Balaban J connectivity index is 2.23. The molecule has 1 aromatic carbocycles. The van der Waals surface area contributed by atoms with E-state index in [2.05, 4.69) is 20.8 Å². The van der Waals surface area contributed by atoms with E-state index in [1.807, 2.05) is 0 Å². The van der Waals surface area contributed by atoms with Crippen LogP contribution in [0.1, 0.15) is 50.4 Å². The molecule has 1 amide bonds. The molecule has 4 nitrogen and oxygen atoms in total. The van der Waals surface area contributed by atoms with Crippen molar-refractivity contribution in [1.82, 2.24) is 0 Å². The van der Waals surface area contributed by atoms with E-state index in [4.69, 9.17) is 16.2 Å². The maximum Gasteiger partial charge on any atom is 0.250 e. The van der Waals surface area contributed by atoms with Crippen LogP contribution in [0.25, 0.3) is 0 Å². The van der Waals surface area contributed by atoms with Crippen molar-refractivity contribution in [2.24, 2.45) is 17.1 Å². The predicted molar refractivity (Wildman–Crippen MR) is 80.5 cm³/mol. The van der Waals surface area contributed by atoms with Gasteiger partial charge in [0.2, 0.25) is 0 Å². The van der Waals surface area contributed by atoms with E-state index in [9.17, 15) is 9.18 Å². The number of nitrogens with two attached hydrogens (primary N) is 2. The quantitative estimate of drug-likeness (QED) is 0.841. The van der Waals surface area contributed by atoms with Crippen molar-refractivity contribution in [1.29, 1.82) is 0 Å². The van der Waals surface area contributed by atoms with Gasteiger partial charge in [0.25, 0.3) is 5.91 Å². The summed E-state index contributed by atoms with van der Waals surface area (Å²) >= 11 is 0. The Labute approximate surface area is 124 Å². The molecule has 0 heterocycles. The van der Waals surface area contributed by atoms with Crippen LogP contribution in [0.15, 0.2) is 12.1 Å². The number of hydrogen-bond donors (Lipinski definition) is 2. The van der Waals surface area contributed by atoms with E-state index in [0.717, 1.165) is 25.3 Å². The Morgan fingerprint density at radius 2 is 2.05 bits per heavy atom. The lowest BCUT2D eigenvalue weighted by Crippen LogP contribution is -2.34. The molecule has 4 N–H and O–H groups in total. The van der Waals surface area contributed by atoms with Gasteiger partial charge in [0.1, 0.15) is 0 Å². The van der Waals surface area contributed by atoms with Gasteiger partial charge < -0.3 is 16.2 Å². The van der Waals surface area contributed by atoms with Crippen molar-refractivity contribution in [3.63, 3.8) is 0 Å². The van der Waals surface area contributed by atoms with Gasteiger partial charge in [-0.1, -0.05) is 20.8 Å². The first-order valence-electron chi connectivity index (χ1n) is 7.23. The molecule has 2 atom stereocenters. The molecular weight excluding hydrogens is 271 g/mol. The number of amides is 1. The zero-order valence-electron chi connectivity index (χ0n) is 12.8. The molecule has 116 valence electrons. The molecule has 0 spiro atoms. The fourth-order valence-electron chi connectivity index (χ4n) is 3.40. The molecule has 2 unspecified atom stereocenters. The van der Waals surface area contributed by atoms with Crippen molar-refractivity contribution < 1.29 is 13.9 Å². The Morgan fingerprint density at radius 1 is 1.38 bits per heavy atom. The molecule has 1 saturated carbocycles. The maximum absolute atomic E-state index is 14.0. The van der Waals surface area contributed by atoms with Gasteiger partial charge in [0.05, 0.1) is 11.7 Å². The lowest BCUT2D eigenvalue weighted by molar-refractivity contribution is 0.0535. The van der Waals surface area contributed by atoms with Crippen LogP contribution >= 0.6 is 0 Å². The number of carbonyl (C=O) groups is 1. The molecule has 1 aromatic rings. The Morgan fingerprint density at radius 3 is 2.62 bits per heavy atom. The summed E-state index contributed by atoms with van der Waals surface area (Å²) in [7, 11) is 0. The van der Waals surface area contributed by atoms with E-state index in [1.165, 1.54) is 6.07 Å². The van der Waals surface area contributed by atoms with Crippen LogP contribution < -0.4 is 16.2 Å². The third-order valence-corrected chi connectivity index (χ3v) is 4.01. The summed E-state index contributed by atoms with van der Waals surface area (Å²) in [6.45, 7) is 6.55. The lowest BCUT2D eigenvalue weighted by Gasteiger charge is -2.38. The van der Waals surface area contributed by atoms with E-state index in [1.54, 1.807) is 0 Å². The molecule has 1 fully saturated rings. The number of carbonyl (C=O) groups excluding carboxylic acids is 1. The minimum Gasteiger partial charge on any atom is -0.487 e. The number of ether oxygens (including phenoxy) is 1. The molecule has 1 aliphatic rings. The predicted octanol–water partition coefficient (Wildman–Crippen LogP) is 3.10. The molecule has 1 aliphatic carbocycles. The van der Waals surface area contributed by atoms with E-state index in [-0.39, 0.29) is 28.5 Å². The number of benzene rings is 1. The highest BCUT2D eigenvalue weighted by atomic mass is 19.1. The summed E-state index contributed by atoms with van der Waals surface area (Å²) in [5.41, 5.74) is 11.1. The first-order chi connectivity index (χ1) is 9.68. The zero-order valence-corrected chi connectivity index (χ0v) is 12.8. The van der Waals surface area contributed by atoms with Gasteiger partial charge in [0.15, 0.2) is 11.6 Å². The first-order valence-corrected chi connectivity index (χ1v) is 7.23. The third kappa shape index (κ3) is 3.65. The molecule has 0 radical (unpaired) electrons. The molecular formula is C16H23FN2O2. The van der Waals surface area contributed by atoms with Gasteiger partial charge in [-0.25, -0.2) is 4.39 Å². The number of primary amides is 1. The largest absolute Gasteiger partial charge is 0.487 e. The van der Waals surface area contributed by atoms with Crippen molar-refractivity contribution >= 4 is 11.6 Å². The standard InChI is InChI=1S/C16H23FN2O2/c1-9-4-10(8-16(2,3)7-9)21-14-5-11(15(19)20)13(18)6-12(14)17/h5-6,9-10H,4,7-8,18H2,1-3H3,(H2,19,20). The minimum absolute atomic E-state index is 0.0321. The number of nitrogen functional groups attached to an aromatic ring is 1. The summed E-state index contributed by atoms with van der Waals surface area (Å²) in [4.78, 5) is 11.3. The van der Waals surface area contributed by atoms with Crippen LogP contribution in [0.5, 0.6) is 5.75 Å². The Kier molecular flexibility index (Phi) is 4.12. The summed E-state index contributed by atoms with van der Waals surface area (Å²) in [5, 5.41) is 0. The number of anilines is 1. The molecule has 0 aliphatic heterocycles. The number of halogens is 1. The maximum atomic E-state index is 14.0. The lowest BCUT2D eigenvalue weighted by atomic mass is 9.71. The summed E-state index contributed by atoms with van der Waals surface area (Å²) in [5.74, 6) is -0.678. The van der Waals surface area contributed by atoms with Crippen LogP contribution in [-0.4, -0.2) is 12.0 Å². The normalized spacial score (nSPS) is 24.6. The van der Waals surface area contributed by atoms with Crippen molar-refractivity contribution in [3.05, 3.63) is 23.5 Å². The summed E-state index contributed by atoms with van der Waals surface area (Å²) < 4.78 is 19.8. The minimum atomic E-state index is -0.685. The van der Waals surface area contributed by atoms with Crippen molar-refractivity contribution in [2.75, 3.05) is 5.73 Å². The molecule has 2 rings (SSSR count). The van der Waals surface area contributed by atoms with Crippen molar-refractivity contribution in [3.8, 4) is 5.75 Å². The van der Waals surface area contributed by atoms with Crippen molar-refractivity contribution in [2.45, 2.75) is 46.1 Å². The molecule has 0 saturated heterocycles. The van der Waals surface area contributed by atoms with Gasteiger partial charge in [-0.2, -0.15) is 0 Å². The molecule has 0 aromatic heterocycles. The fraction of sp³-hybridized carbons (Fsp3) is 0.562. The SMILES string of the molecule is CC1CC(Oc2cc(C(N)=O)c(N)cc2F)CC(C)(C)C1. The third-order valence-electron chi connectivity index (χ3n) is 4.01. The van der Waals surface area contributed by atoms with Crippen LogP contribution in [0.3, 0.4) is 0 Å². The highest BCUT2D eigenvalue weighted by molar-refractivity contribution is 5.98.